The van der Waals surface area contributed by atoms with E-state index in [1.807, 2.05) is 19.9 Å². The zero-order valence-electron chi connectivity index (χ0n) is 24.6. The fraction of sp³-hybridized carbons (Fsp3) is 0.394. The van der Waals surface area contributed by atoms with E-state index in [1.54, 1.807) is 12.3 Å². The Labute approximate surface area is 253 Å². The molecule has 44 heavy (non-hydrogen) atoms. The number of aliphatic hydroxyl groups is 1. The number of nitrogens with zero attached hydrogens (tertiary/aromatic N) is 5. The van der Waals surface area contributed by atoms with Gasteiger partial charge >= 0.3 is 5.69 Å². The van der Waals surface area contributed by atoms with E-state index >= 15 is 8.78 Å². The monoisotopic (exact) mass is 600 g/mol. The van der Waals surface area contributed by atoms with Crippen LogP contribution in [0.4, 0.5) is 14.6 Å². The number of aliphatic hydroxyl groups excluding tert-OH is 1. The van der Waals surface area contributed by atoms with Gasteiger partial charge in [0, 0.05) is 24.2 Å². The normalized spacial score (nSPS) is 21.0. The number of anilines is 1. The maximum absolute atomic E-state index is 16.2. The molecule has 0 amide bonds. The van der Waals surface area contributed by atoms with Gasteiger partial charge in [-0.05, 0) is 74.1 Å². The molecule has 0 radical (unpaired) electrons. The second-order valence-electron chi connectivity index (χ2n) is 12.0. The predicted molar refractivity (Wildman–Crippen MR) is 163 cm³/mol. The minimum atomic E-state index is -0.818. The van der Waals surface area contributed by atoms with Crippen LogP contribution in [0.1, 0.15) is 50.3 Å². The van der Waals surface area contributed by atoms with Crippen molar-refractivity contribution in [2.75, 3.05) is 18.1 Å². The molecule has 4 atom stereocenters. The van der Waals surface area contributed by atoms with Gasteiger partial charge in [-0.15, -0.1) is 0 Å². The fourth-order valence-corrected chi connectivity index (χ4v) is 6.79. The van der Waals surface area contributed by atoms with Gasteiger partial charge in [0.1, 0.15) is 29.3 Å². The first-order valence-electron chi connectivity index (χ1n) is 15.1. The average Bonchev–Trinajstić information content (AvgIpc) is 3.71. The van der Waals surface area contributed by atoms with Gasteiger partial charge in [-0.3, -0.25) is 10.3 Å². The fourth-order valence-electron chi connectivity index (χ4n) is 6.79. The number of ether oxygens (including phenoxy) is 1. The summed E-state index contributed by atoms with van der Waals surface area (Å²) in [6.07, 6.45) is 5.09. The first-order chi connectivity index (χ1) is 21.3. The van der Waals surface area contributed by atoms with E-state index in [9.17, 15) is 9.90 Å². The smallest absolute Gasteiger partial charge is 0.355 e. The Hall–Kier alpha value is -4.22. The summed E-state index contributed by atoms with van der Waals surface area (Å²) in [5.74, 6) is -0.470. The number of nitrogens with one attached hydrogen (secondary N) is 1. The molecule has 2 bridgehead atoms. The lowest BCUT2D eigenvalue weighted by molar-refractivity contribution is 0.181. The van der Waals surface area contributed by atoms with Gasteiger partial charge < -0.3 is 14.7 Å². The van der Waals surface area contributed by atoms with Gasteiger partial charge in [0.25, 0.3) is 0 Å². The van der Waals surface area contributed by atoms with Crippen LogP contribution in [-0.4, -0.2) is 56.1 Å². The van der Waals surface area contributed by atoms with Crippen LogP contribution in [0.3, 0.4) is 0 Å². The Morgan fingerprint density at radius 3 is 2.86 bits per heavy atom. The standard InChI is InChI=1S/C33H34F2N6O3/c1-4-26(42)36-13-11-23-19-16-24(19)40(23)32-20-15-22(35)29-27-21(34)8-5-9-25(27)44-14-6-7-18-10-12-37-28(17(2)3)30(18)41(31(20)38-29)33(43)39-32/h4-5,8-10,12,15,17,19,23-24,26,36,42H,1,6-7,11,13-14,16H2,2-3H3/t19-,23+,24?,26?/m0/s1. The van der Waals surface area contributed by atoms with Crippen molar-refractivity contribution < 1.29 is 18.6 Å². The molecule has 228 valence electrons. The number of fused-ring (bicyclic) bond motifs is 6. The zero-order chi connectivity index (χ0) is 30.7. The topological polar surface area (TPSA) is 105 Å². The largest absolute Gasteiger partial charge is 0.493 e. The third kappa shape index (κ3) is 4.66. The third-order valence-electron chi connectivity index (χ3n) is 8.94. The summed E-state index contributed by atoms with van der Waals surface area (Å²) in [7, 11) is 0. The van der Waals surface area contributed by atoms with Crippen molar-refractivity contribution >= 4 is 16.9 Å². The number of aromatic nitrogens is 4. The SMILES string of the molecule is C=CC(O)NCC[C@@H]1[C@@H]2CC2N1c1nc(=O)n2c3nc(c(F)cc13)-c1c(F)cccc1OCCCc1ccnc(C(C)C)c1-2. The van der Waals surface area contributed by atoms with Crippen molar-refractivity contribution in [1.82, 2.24) is 24.8 Å². The second-order valence-corrected chi connectivity index (χ2v) is 12.0. The van der Waals surface area contributed by atoms with Crippen LogP contribution in [0.15, 0.2) is 54.0 Å². The molecule has 5 heterocycles. The van der Waals surface area contributed by atoms with Crippen molar-refractivity contribution in [2.24, 2.45) is 5.92 Å². The van der Waals surface area contributed by atoms with Gasteiger partial charge in [0.15, 0.2) is 11.5 Å². The minimum Gasteiger partial charge on any atom is -0.493 e. The highest BCUT2D eigenvalue weighted by atomic mass is 19.1. The highest BCUT2D eigenvalue weighted by Gasteiger charge is 2.60. The van der Waals surface area contributed by atoms with E-state index in [1.165, 1.54) is 28.8 Å². The highest BCUT2D eigenvalue weighted by molar-refractivity contribution is 5.92. The molecule has 11 heteroatoms. The van der Waals surface area contributed by atoms with Crippen LogP contribution in [0.2, 0.25) is 0 Å². The lowest BCUT2D eigenvalue weighted by Crippen LogP contribution is -2.52. The van der Waals surface area contributed by atoms with Crippen LogP contribution in [-0.2, 0) is 6.42 Å². The number of hydrogen-bond donors (Lipinski definition) is 2. The lowest BCUT2D eigenvalue weighted by atomic mass is 9.98. The molecule has 4 aromatic rings. The summed E-state index contributed by atoms with van der Waals surface area (Å²) in [6.45, 7) is 8.37. The van der Waals surface area contributed by atoms with E-state index in [-0.39, 0.29) is 47.3 Å². The molecule has 1 aliphatic carbocycles. The van der Waals surface area contributed by atoms with Gasteiger partial charge in [0.05, 0.1) is 28.9 Å². The van der Waals surface area contributed by atoms with Gasteiger partial charge in [-0.2, -0.15) is 4.98 Å². The Bertz CT molecular complexity index is 1840. The van der Waals surface area contributed by atoms with Gasteiger partial charge in [-0.25, -0.2) is 23.1 Å². The summed E-state index contributed by atoms with van der Waals surface area (Å²) in [6, 6.07) is 7.80. The molecule has 2 fully saturated rings. The summed E-state index contributed by atoms with van der Waals surface area (Å²) in [5, 5.41) is 13.2. The third-order valence-corrected chi connectivity index (χ3v) is 8.94. The number of benzene rings is 1. The Morgan fingerprint density at radius 1 is 1.23 bits per heavy atom. The summed E-state index contributed by atoms with van der Waals surface area (Å²) in [5.41, 5.74) is 1.44. The Morgan fingerprint density at radius 2 is 2.07 bits per heavy atom. The van der Waals surface area contributed by atoms with Crippen molar-refractivity contribution in [1.29, 1.82) is 0 Å². The number of aryl methyl sites for hydroxylation is 1. The Kier molecular flexibility index (Phi) is 7.17. The molecule has 3 aliphatic rings. The van der Waals surface area contributed by atoms with Crippen LogP contribution >= 0.6 is 0 Å². The van der Waals surface area contributed by atoms with Crippen LogP contribution in [0.25, 0.3) is 28.0 Å². The van der Waals surface area contributed by atoms with E-state index < -0.39 is 23.6 Å². The molecule has 7 rings (SSSR count). The maximum atomic E-state index is 16.2. The number of pyridine rings is 2. The molecule has 1 saturated heterocycles. The molecule has 2 unspecified atom stereocenters. The number of hydrogen-bond acceptors (Lipinski definition) is 8. The van der Waals surface area contributed by atoms with Crippen molar-refractivity contribution in [2.45, 2.75) is 63.8 Å². The second kappa shape index (κ2) is 11.0. The van der Waals surface area contributed by atoms with Crippen LogP contribution < -0.4 is 20.6 Å². The van der Waals surface area contributed by atoms with Crippen molar-refractivity contribution in [3.05, 3.63) is 82.6 Å². The Balaban J connectivity index is 1.48. The van der Waals surface area contributed by atoms with E-state index in [0.717, 1.165) is 12.0 Å². The molecular formula is C33H34F2N6O3. The summed E-state index contributed by atoms with van der Waals surface area (Å²) >= 11 is 0. The molecule has 2 aliphatic heterocycles. The minimum absolute atomic E-state index is 0.0424. The number of rotatable bonds is 7. The maximum Gasteiger partial charge on any atom is 0.355 e. The molecule has 2 N–H and O–H groups in total. The molecule has 1 saturated carbocycles. The predicted octanol–water partition coefficient (Wildman–Crippen LogP) is 4.63. The summed E-state index contributed by atoms with van der Waals surface area (Å²) in [4.78, 5) is 30.2. The average molecular weight is 601 g/mol. The first-order valence-corrected chi connectivity index (χ1v) is 15.1. The van der Waals surface area contributed by atoms with Crippen LogP contribution in [0, 0.1) is 17.6 Å². The first kappa shape index (κ1) is 28.5. The van der Waals surface area contributed by atoms with Crippen molar-refractivity contribution in [3.63, 3.8) is 0 Å². The summed E-state index contributed by atoms with van der Waals surface area (Å²) < 4.78 is 39.0. The lowest BCUT2D eigenvalue weighted by Gasteiger charge is -2.42. The van der Waals surface area contributed by atoms with Crippen molar-refractivity contribution in [3.8, 4) is 22.7 Å². The quantitative estimate of drug-likeness (QED) is 0.234. The zero-order valence-corrected chi connectivity index (χ0v) is 24.6. The molecule has 3 aromatic heterocycles. The van der Waals surface area contributed by atoms with E-state index in [0.29, 0.717) is 54.3 Å². The molecular weight excluding hydrogens is 566 g/mol. The van der Waals surface area contributed by atoms with Crippen LogP contribution in [0.5, 0.6) is 5.75 Å². The van der Waals surface area contributed by atoms with E-state index in [2.05, 4.69) is 26.8 Å². The van der Waals surface area contributed by atoms with Gasteiger partial charge in [0.2, 0.25) is 0 Å². The number of halogens is 2. The highest BCUT2D eigenvalue weighted by Crippen LogP contribution is 2.55. The molecule has 1 aromatic carbocycles. The molecule has 9 nitrogen and oxygen atoms in total. The van der Waals surface area contributed by atoms with E-state index in [4.69, 9.17) is 9.72 Å². The molecule has 0 spiro atoms. The van der Waals surface area contributed by atoms with Gasteiger partial charge in [-0.1, -0.05) is 26.5 Å².